The number of ether oxygens (including phenoxy) is 1. The van der Waals surface area contributed by atoms with Crippen LogP contribution in [0, 0.1) is 0 Å². The van der Waals surface area contributed by atoms with Gasteiger partial charge in [-0.15, -0.1) is 0 Å². The third-order valence-electron chi connectivity index (χ3n) is 2.81. The number of hydrogen-bond donors (Lipinski definition) is 1. The third kappa shape index (κ3) is 4.04. The number of allylic oxidation sites excluding steroid dienone is 1. The van der Waals surface area contributed by atoms with Crippen molar-refractivity contribution >= 4 is 23.4 Å². The predicted octanol–water partition coefficient (Wildman–Crippen LogP) is 4.86. The summed E-state index contributed by atoms with van der Waals surface area (Å²) < 4.78 is 5.79. The van der Waals surface area contributed by atoms with Crippen molar-refractivity contribution in [1.82, 2.24) is 0 Å². The number of anilines is 1. The molecule has 20 heavy (non-hydrogen) atoms. The molecule has 0 saturated heterocycles. The zero-order valence-electron chi connectivity index (χ0n) is 11.5. The highest BCUT2D eigenvalue weighted by Crippen LogP contribution is 2.21. The first-order valence-corrected chi connectivity index (χ1v) is 7.02. The fourth-order valence-electron chi connectivity index (χ4n) is 1.88. The summed E-state index contributed by atoms with van der Waals surface area (Å²) in [7, 11) is 0. The Morgan fingerprint density at radius 2 is 1.85 bits per heavy atom. The molecular weight excluding hydrogens is 270 g/mol. The van der Waals surface area contributed by atoms with Crippen molar-refractivity contribution < 1.29 is 4.74 Å². The van der Waals surface area contributed by atoms with Crippen molar-refractivity contribution in [2.24, 2.45) is 0 Å². The minimum absolute atomic E-state index is 0.583. The van der Waals surface area contributed by atoms with Crippen molar-refractivity contribution in [2.75, 3.05) is 18.5 Å². The molecule has 0 radical (unpaired) electrons. The topological polar surface area (TPSA) is 21.3 Å². The summed E-state index contributed by atoms with van der Waals surface area (Å²) in [4.78, 5) is 0. The number of para-hydroxylation sites is 2. The van der Waals surface area contributed by atoms with Crippen LogP contribution in [0.3, 0.4) is 0 Å². The lowest BCUT2D eigenvalue weighted by Crippen LogP contribution is -2.12. The summed E-state index contributed by atoms with van der Waals surface area (Å²) in [5.74, 6) is 0.895. The number of benzene rings is 2. The van der Waals surface area contributed by atoms with Crippen LogP contribution < -0.4 is 10.1 Å². The first kappa shape index (κ1) is 14.5. The molecular formula is C17H18ClNO. The lowest BCUT2D eigenvalue weighted by molar-refractivity contribution is 0.332. The van der Waals surface area contributed by atoms with E-state index in [1.165, 1.54) is 0 Å². The molecule has 0 atom stereocenters. The van der Waals surface area contributed by atoms with Gasteiger partial charge in [-0.25, -0.2) is 0 Å². The summed E-state index contributed by atoms with van der Waals surface area (Å²) in [6.07, 6.45) is 4.04. The molecule has 0 saturated carbocycles. The molecule has 2 nitrogen and oxygen atoms in total. The van der Waals surface area contributed by atoms with Gasteiger partial charge in [-0.3, -0.25) is 0 Å². The molecule has 1 N–H and O–H groups in total. The summed E-state index contributed by atoms with van der Waals surface area (Å²) >= 11 is 6.07. The van der Waals surface area contributed by atoms with E-state index >= 15 is 0 Å². The molecule has 0 aliphatic heterocycles. The Kier molecular flexibility index (Phi) is 5.51. The Morgan fingerprint density at radius 3 is 2.65 bits per heavy atom. The second kappa shape index (κ2) is 7.61. The lowest BCUT2D eigenvalue weighted by Gasteiger charge is -2.11. The normalized spacial score (nSPS) is 10.7. The summed E-state index contributed by atoms with van der Waals surface area (Å²) in [5.41, 5.74) is 2.02. The maximum absolute atomic E-state index is 6.07. The zero-order valence-corrected chi connectivity index (χ0v) is 12.2. The first-order chi connectivity index (χ1) is 9.81. The average Bonchev–Trinajstić information content (AvgIpc) is 2.47. The van der Waals surface area contributed by atoms with Gasteiger partial charge in [0.05, 0.1) is 10.7 Å². The van der Waals surface area contributed by atoms with Crippen LogP contribution in [0.25, 0.3) is 6.08 Å². The van der Waals surface area contributed by atoms with Gasteiger partial charge in [0, 0.05) is 12.1 Å². The van der Waals surface area contributed by atoms with Crippen molar-refractivity contribution in [1.29, 1.82) is 0 Å². The maximum Gasteiger partial charge on any atom is 0.126 e. The van der Waals surface area contributed by atoms with Crippen LogP contribution in [0.5, 0.6) is 5.75 Å². The van der Waals surface area contributed by atoms with E-state index in [0.29, 0.717) is 13.2 Å². The monoisotopic (exact) mass is 287 g/mol. The van der Waals surface area contributed by atoms with E-state index < -0.39 is 0 Å². The van der Waals surface area contributed by atoms with E-state index in [1.54, 1.807) is 0 Å². The highest BCUT2D eigenvalue weighted by atomic mass is 35.5. The van der Waals surface area contributed by atoms with Gasteiger partial charge in [0.2, 0.25) is 0 Å². The lowest BCUT2D eigenvalue weighted by atomic mass is 10.2. The fraction of sp³-hybridized carbons (Fsp3) is 0.176. The summed E-state index contributed by atoms with van der Waals surface area (Å²) in [5, 5.41) is 3.98. The molecule has 0 unspecified atom stereocenters. The van der Waals surface area contributed by atoms with Crippen molar-refractivity contribution in [3.05, 3.63) is 65.2 Å². The van der Waals surface area contributed by atoms with Gasteiger partial charge in [-0.2, -0.15) is 0 Å². The van der Waals surface area contributed by atoms with Crippen LogP contribution in [0.15, 0.2) is 54.6 Å². The molecule has 104 valence electrons. The van der Waals surface area contributed by atoms with Gasteiger partial charge < -0.3 is 10.1 Å². The zero-order chi connectivity index (χ0) is 14.2. The molecule has 0 aromatic heterocycles. The summed E-state index contributed by atoms with van der Waals surface area (Å²) in [6, 6.07) is 15.7. The Bertz CT molecular complexity index is 581. The van der Waals surface area contributed by atoms with E-state index in [4.69, 9.17) is 16.3 Å². The van der Waals surface area contributed by atoms with Crippen LogP contribution in [0.2, 0.25) is 5.02 Å². The Balaban J connectivity index is 1.86. The SMILES string of the molecule is CC=Cc1ccccc1OCCNc1ccccc1Cl. The molecule has 3 heteroatoms. The van der Waals surface area contributed by atoms with Gasteiger partial charge in [0.25, 0.3) is 0 Å². The molecule has 0 aliphatic carbocycles. The molecule has 0 aliphatic rings. The average molecular weight is 288 g/mol. The standard InChI is InChI=1S/C17H18ClNO/c1-2-7-14-8-3-6-11-17(14)20-13-12-19-16-10-5-4-9-15(16)18/h2-11,19H,12-13H2,1H3. The largest absolute Gasteiger partial charge is 0.491 e. The molecule has 2 aromatic carbocycles. The number of rotatable bonds is 6. The minimum Gasteiger partial charge on any atom is -0.491 e. The van der Waals surface area contributed by atoms with Crippen molar-refractivity contribution in [2.45, 2.75) is 6.92 Å². The number of hydrogen-bond acceptors (Lipinski definition) is 2. The van der Waals surface area contributed by atoms with E-state index in [2.05, 4.69) is 5.32 Å². The number of nitrogens with one attached hydrogen (secondary N) is 1. The second-order valence-electron chi connectivity index (χ2n) is 4.29. The molecule has 0 spiro atoms. The minimum atomic E-state index is 0.583. The predicted molar refractivity (Wildman–Crippen MR) is 86.6 cm³/mol. The molecule has 0 heterocycles. The van der Waals surface area contributed by atoms with E-state index in [1.807, 2.05) is 67.6 Å². The number of halogens is 1. The van der Waals surface area contributed by atoms with Gasteiger partial charge in [-0.05, 0) is 25.1 Å². The molecule has 0 amide bonds. The summed E-state index contributed by atoms with van der Waals surface area (Å²) in [6.45, 7) is 3.28. The van der Waals surface area contributed by atoms with Gasteiger partial charge in [-0.1, -0.05) is 54.1 Å². The highest BCUT2D eigenvalue weighted by molar-refractivity contribution is 6.33. The molecule has 0 bridgehead atoms. The van der Waals surface area contributed by atoms with Gasteiger partial charge in [0.1, 0.15) is 12.4 Å². The van der Waals surface area contributed by atoms with Crippen LogP contribution in [-0.4, -0.2) is 13.2 Å². The van der Waals surface area contributed by atoms with E-state index in [9.17, 15) is 0 Å². The van der Waals surface area contributed by atoms with Crippen LogP contribution in [0.1, 0.15) is 12.5 Å². The molecule has 2 aromatic rings. The van der Waals surface area contributed by atoms with Gasteiger partial charge >= 0.3 is 0 Å². The van der Waals surface area contributed by atoms with E-state index in [-0.39, 0.29) is 0 Å². The van der Waals surface area contributed by atoms with Crippen LogP contribution >= 0.6 is 11.6 Å². The van der Waals surface area contributed by atoms with Crippen molar-refractivity contribution in [3.63, 3.8) is 0 Å². The highest BCUT2D eigenvalue weighted by Gasteiger charge is 2.00. The third-order valence-corrected chi connectivity index (χ3v) is 3.14. The van der Waals surface area contributed by atoms with Crippen LogP contribution in [-0.2, 0) is 0 Å². The Labute approximate surface area is 125 Å². The molecule has 2 rings (SSSR count). The smallest absolute Gasteiger partial charge is 0.126 e. The Hall–Kier alpha value is -1.93. The second-order valence-corrected chi connectivity index (χ2v) is 4.70. The molecule has 0 fully saturated rings. The fourth-order valence-corrected chi connectivity index (χ4v) is 2.08. The van der Waals surface area contributed by atoms with Gasteiger partial charge in [0.15, 0.2) is 0 Å². The maximum atomic E-state index is 6.07. The quantitative estimate of drug-likeness (QED) is 0.766. The van der Waals surface area contributed by atoms with Crippen LogP contribution in [0.4, 0.5) is 5.69 Å². The van der Waals surface area contributed by atoms with E-state index in [0.717, 1.165) is 22.0 Å². The van der Waals surface area contributed by atoms with Crippen molar-refractivity contribution in [3.8, 4) is 5.75 Å². The Morgan fingerprint density at radius 1 is 1.10 bits per heavy atom. The first-order valence-electron chi connectivity index (χ1n) is 6.64.